The zero-order chi connectivity index (χ0) is 8.93. The first kappa shape index (κ1) is 7.97. The molecule has 0 aliphatic carbocycles. The quantitative estimate of drug-likeness (QED) is 0.580. The average molecular weight is 185 g/mol. The summed E-state index contributed by atoms with van der Waals surface area (Å²) in [4.78, 5) is -0.0388. The highest BCUT2D eigenvalue weighted by Crippen LogP contribution is 2.38. The highest BCUT2D eigenvalue weighted by molar-refractivity contribution is 7.90. The summed E-state index contributed by atoms with van der Waals surface area (Å²) in [6.45, 7) is 1.87. The topological polar surface area (TPSA) is 66.4 Å². The molecule has 0 fully saturated rings. The highest BCUT2D eigenvalue weighted by Gasteiger charge is 2.38. The Labute approximate surface area is 70.7 Å². The maximum Gasteiger partial charge on any atom is 0.292 e. The normalized spacial score (nSPS) is 24.5. The third kappa shape index (κ3) is 1.01. The lowest BCUT2D eigenvalue weighted by Gasteiger charge is -2.04. The molecule has 0 aromatic carbocycles. The Hall–Kier alpha value is -0.650. The molecule has 0 saturated heterocycles. The fourth-order valence-electron chi connectivity index (χ4n) is 1.28. The van der Waals surface area contributed by atoms with Crippen LogP contribution >= 0.6 is 0 Å². The van der Waals surface area contributed by atoms with E-state index in [4.69, 9.17) is 4.55 Å². The molecule has 5 heteroatoms. The van der Waals surface area contributed by atoms with Crippen molar-refractivity contribution in [2.45, 2.75) is 6.92 Å². The van der Waals surface area contributed by atoms with Crippen LogP contribution in [0.1, 0.15) is 6.92 Å². The molecule has 2 bridgehead atoms. The van der Waals surface area contributed by atoms with Crippen molar-refractivity contribution >= 4 is 10.1 Å². The maximum atomic E-state index is 10.7. The molecule has 2 N–H and O–H groups in total. The van der Waals surface area contributed by atoms with Gasteiger partial charge >= 0.3 is 0 Å². The van der Waals surface area contributed by atoms with E-state index in [1.807, 2.05) is 6.92 Å². The van der Waals surface area contributed by atoms with Gasteiger partial charge in [0.15, 0.2) is 0 Å². The number of hydrogen-bond acceptors (Lipinski definition) is 3. The Kier molecular flexibility index (Phi) is 1.45. The Bertz CT molecular complexity index is 379. The highest BCUT2D eigenvalue weighted by atomic mass is 32.2. The number of fused-ring (bicyclic) bond motifs is 2. The molecule has 64 valence electrons. The van der Waals surface area contributed by atoms with Gasteiger partial charge in [0.2, 0.25) is 0 Å². The predicted octanol–water partition coefficient (Wildman–Crippen LogP) is 0.385. The van der Waals surface area contributed by atoms with Gasteiger partial charge in [0.1, 0.15) is 6.04 Å². The van der Waals surface area contributed by atoms with E-state index in [1.165, 1.54) is 6.08 Å². The minimum Gasteiger partial charge on any atom is -0.287 e. The van der Waals surface area contributed by atoms with Gasteiger partial charge in [-0.3, -0.25) is 9.87 Å². The molecule has 2 aliphatic heterocycles. The molecule has 0 amide bonds. The summed E-state index contributed by atoms with van der Waals surface area (Å²) in [5.41, 5.74) is 0.984. The summed E-state index contributed by atoms with van der Waals surface area (Å²) in [5, 5.41) is 2.84. The molecule has 2 aliphatic rings. The zero-order valence-electron chi connectivity index (χ0n) is 6.33. The van der Waals surface area contributed by atoms with Crippen LogP contribution in [-0.4, -0.2) is 13.0 Å². The summed E-state index contributed by atoms with van der Waals surface area (Å²) in [6.07, 6.45) is 3.12. The van der Waals surface area contributed by atoms with E-state index in [9.17, 15) is 8.42 Å². The molecule has 2 radical (unpaired) electrons. The number of nitrogens with one attached hydrogen (secondary N) is 1. The van der Waals surface area contributed by atoms with Gasteiger partial charge in [-0.15, -0.1) is 0 Å². The second kappa shape index (κ2) is 2.18. The molecule has 4 nitrogen and oxygen atoms in total. The molecule has 0 saturated carbocycles. The van der Waals surface area contributed by atoms with Crippen molar-refractivity contribution in [3.05, 3.63) is 34.7 Å². The average Bonchev–Trinajstić information content (AvgIpc) is 2.41. The van der Waals surface area contributed by atoms with Gasteiger partial charge in [0.05, 0.1) is 10.9 Å². The van der Waals surface area contributed by atoms with E-state index < -0.39 is 10.1 Å². The van der Waals surface area contributed by atoms with E-state index in [0.717, 1.165) is 11.6 Å². The largest absolute Gasteiger partial charge is 0.292 e. The summed E-state index contributed by atoms with van der Waals surface area (Å²) >= 11 is 0. The van der Waals surface area contributed by atoms with Gasteiger partial charge < -0.3 is 0 Å². The zero-order valence-corrected chi connectivity index (χ0v) is 7.14. The van der Waals surface area contributed by atoms with Gasteiger partial charge in [-0.25, -0.2) is 0 Å². The number of hydrogen-bond donors (Lipinski definition) is 2. The Morgan fingerprint density at radius 2 is 2.00 bits per heavy atom. The fraction of sp³-hybridized carbons (Fsp3) is 0.143. The monoisotopic (exact) mass is 185 g/mol. The van der Waals surface area contributed by atoms with Crippen molar-refractivity contribution in [1.29, 1.82) is 0 Å². The van der Waals surface area contributed by atoms with Crippen LogP contribution in [0.25, 0.3) is 0 Å². The lowest BCUT2D eigenvalue weighted by atomic mass is 10.1. The molecule has 0 aromatic rings. The standard InChI is InChI=1S/C7H7NO3S/c1-4-2-6-7(12(9,10)11)3-5(4)8-6/h2-3,8H,1H3,(H,9,10,11). The van der Waals surface area contributed by atoms with Crippen LogP contribution in [0.15, 0.2) is 22.6 Å². The van der Waals surface area contributed by atoms with E-state index in [-0.39, 0.29) is 4.91 Å². The van der Waals surface area contributed by atoms with E-state index >= 15 is 0 Å². The second-order valence-electron chi connectivity index (χ2n) is 2.76. The van der Waals surface area contributed by atoms with E-state index in [1.54, 1.807) is 6.08 Å². The summed E-state index contributed by atoms with van der Waals surface area (Å²) in [6, 6.07) is 1.21. The van der Waals surface area contributed by atoms with Gasteiger partial charge in [-0.2, -0.15) is 8.42 Å². The minimum absolute atomic E-state index is 0.0388. The summed E-state index contributed by atoms with van der Waals surface area (Å²) < 4.78 is 30.2. The maximum absolute atomic E-state index is 10.7. The molecule has 0 atom stereocenters. The van der Waals surface area contributed by atoms with Crippen LogP contribution in [0.3, 0.4) is 0 Å². The smallest absolute Gasteiger partial charge is 0.287 e. The van der Waals surface area contributed by atoms with E-state index in [2.05, 4.69) is 5.32 Å². The first-order valence-electron chi connectivity index (χ1n) is 3.37. The van der Waals surface area contributed by atoms with Gasteiger partial charge in [0, 0.05) is 0 Å². The van der Waals surface area contributed by atoms with Crippen molar-refractivity contribution in [3.8, 4) is 0 Å². The van der Waals surface area contributed by atoms with Crippen LogP contribution in [0, 0.1) is 12.1 Å². The van der Waals surface area contributed by atoms with Crippen molar-refractivity contribution in [2.24, 2.45) is 0 Å². The SMILES string of the molecule is CC1=C[C]2N[C]1C=C2S(=O)(=O)O. The fourth-order valence-corrected chi connectivity index (χ4v) is 1.93. The predicted molar refractivity (Wildman–Crippen MR) is 43.0 cm³/mol. The lowest BCUT2D eigenvalue weighted by molar-refractivity contribution is 0.491. The first-order valence-corrected chi connectivity index (χ1v) is 4.81. The first-order chi connectivity index (χ1) is 5.48. The van der Waals surface area contributed by atoms with Crippen molar-refractivity contribution in [1.82, 2.24) is 5.32 Å². The van der Waals surface area contributed by atoms with Gasteiger partial charge in [-0.05, 0) is 18.6 Å². The van der Waals surface area contributed by atoms with Crippen molar-refractivity contribution in [3.63, 3.8) is 0 Å². The molecule has 12 heavy (non-hydrogen) atoms. The molecule has 2 heterocycles. The molecular formula is C7H7NO3S. The molecule has 2 rings (SSSR count). The van der Waals surface area contributed by atoms with Crippen LogP contribution in [0.2, 0.25) is 0 Å². The van der Waals surface area contributed by atoms with Gasteiger partial charge in [0.25, 0.3) is 10.1 Å². The van der Waals surface area contributed by atoms with Crippen molar-refractivity contribution < 1.29 is 13.0 Å². The van der Waals surface area contributed by atoms with E-state index in [0.29, 0.717) is 6.04 Å². The van der Waals surface area contributed by atoms with Crippen LogP contribution < -0.4 is 5.32 Å². The molecule has 0 aromatic heterocycles. The second-order valence-corrected chi connectivity index (χ2v) is 4.15. The third-order valence-corrected chi connectivity index (χ3v) is 2.77. The Balaban J connectivity index is 2.39. The molecule has 0 unspecified atom stereocenters. The summed E-state index contributed by atoms with van der Waals surface area (Å²) in [7, 11) is -4.06. The Morgan fingerprint density at radius 3 is 2.33 bits per heavy atom. The minimum atomic E-state index is -4.06. The number of rotatable bonds is 1. The Morgan fingerprint density at radius 1 is 1.33 bits per heavy atom. The molecular weight excluding hydrogens is 178 g/mol. The van der Waals surface area contributed by atoms with Crippen LogP contribution in [0.4, 0.5) is 0 Å². The molecule has 0 spiro atoms. The lowest BCUT2D eigenvalue weighted by Crippen LogP contribution is -2.14. The third-order valence-electron chi connectivity index (χ3n) is 1.87. The van der Waals surface area contributed by atoms with Gasteiger partial charge in [-0.1, -0.05) is 6.08 Å². The van der Waals surface area contributed by atoms with Crippen LogP contribution in [0.5, 0.6) is 0 Å². The van der Waals surface area contributed by atoms with Crippen molar-refractivity contribution in [2.75, 3.05) is 0 Å². The summed E-state index contributed by atoms with van der Waals surface area (Å²) in [5.74, 6) is 0. The van der Waals surface area contributed by atoms with Crippen LogP contribution in [-0.2, 0) is 10.1 Å².